The zero-order valence-corrected chi connectivity index (χ0v) is 13.3. The number of nitrogens with zero attached hydrogens (tertiary/aromatic N) is 2. The van der Waals surface area contributed by atoms with E-state index >= 15 is 0 Å². The highest BCUT2D eigenvalue weighted by Crippen LogP contribution is 2.42. The Hall–Kier alpha value is -2.71. The van der Waals surface area contributed by atoms with Crippen LogP contribution in [0.25, 0.3) is 0 Å². The molecule has 2 aromatic carbocycles. The van der Waals surface area contributed by atoms with E-state index in [-0.39, 0.29) is 17.8 Å². The lowest BCUT2D eigenvalue weighted by molar-refractivity contribution is -0.387. The van der Waals surface area contributed by atoms with E-state index in [0.717, 1.165) is 10.4 Å². The van der Waals surface area contributed by atoms with Crippen molar-refractivity contribution in [1.82, 2.24) is 0 Å². The molecule has 1 aliphatic heterocycles. The van der Waals surface area contributed by atoms with Crippen LogP contribution in [0.15, 0.2) is 65.7 Å². The van der Waals surface area contributed by atoms with E-state index in [1.807, 2.05) is 0 Å². The molecule has 0 saturated heterocycles. The Balaban J connectivity index is 2.23. The molecule has 0 amide bonds. The van der Waals surface area contributed by atoms with Gasteiger partial charge in [-0.15, -0.1) is 0 Å². The molecule has 2 aromatic rings. The average molecular weight is 346 g/mol. The molecule has 0 radical (unpaired) electrons. The van der Waals surface area contributed by atoms with E-state index in [9.17, 15) is 23.6 Å². The normalized spacial score (nSPS) is 17.5. The summed E-state index contributed by atoms with van der Waals surface area (Å²) in [6.45, 7) is 3.73. The predicted molar refractivity (Wildman–Crippen MR) is 87.9 cm³/mol. The second kappa shape index (κ2) is 5.73. The zero-order chi connectivity index (χ0) is 17.5. The SMILES string of the molecule is C=C1CC(O)c2ccccc2N1S(=O)(=O)c1ccccc1[N+](=O)[O-]. The van der Waals surface area contributed by atoms with Crippen LogP contribution in [0.2, 0.25) is 0 Å². The molecule has 24 heavy (non-hydrogen) atoms. The number of aliphatic hydroxyl groups is 1. The van der Waals surface area contributed by atoms with Gasteiger partial charge in [-0.3, -0.25) is 10.1 Å². The number of anilines is 1. The third-order valence-corrected chi connectivity index (χ3v) is 5.65. The van der Waals surface area contributed by atoms with Gasteiger partial charge in [0.2, 0.25) is 0 Å². The van der Waals surface area contributed by atoms with Crippen LogP contribution in [0, 0.1) is 10.1 Å². The molecule has 0 bridgehead atoms. The number of aliphatic hydroxyl groups excluding tert-OH is 1. The molecule has 124 valence electrons. The maximum atomic E-state index is 13.1. The van der Waals surface area contributed by atoms with Crippen LogP contribution in [0.5, 0.6) is 0 Å². The number of rotatable bonds is 3. The average Bonchev–Trinajstić information content (AvgIpc) is 2.54. The second-order valence-electron chi connectivity index (χ2n) is 5.34. The molecule has 1 atom stereocenters. The molecule has 1 unspecified atom stereocenters. The summed E-state index contributed by atoms with van der Waals surface area (Å²) in [5.74, 6) is 0. The largest absolute Gasteiger partial charge is 0.388 e. The van der Waals surface area contributed by atoms with E-state index in [1.54, 1.807) is 18.2 Å². The smallest absolute Gasteiger partial charge is 0.289 e. The molecule has 3 rings (SSSR count). The molecule has 0 spiro atoms. The number of sulfonamides is 1. The zero-order valence-electron chi connectivity index (χ0n) is 12.5. The number of fused-ring (bicyclic) bond motifs is 1. The minimum absolute atomic E-state index is 0.0247. The van der Waals surface area contributed by atoms with E-state index in [2.05, 4.69) is 6.58 Å². The summed E-state index contributed by atoms with van der Waals surface area (Å²) >= 11 is 0. The van der Waals surface area contributed by atoms with Gasteiger partial charge in [-0.05, 0) is 12.1 Å². The fourth-order valence-electron chi connectivity index (χ4n) is 2.76. The Labute approximate surface area is 138 Å². The van der Waals surface area contributed by atoms with Crippen molar-refractivity contribution in [2.24, 2.45) is 0 Å². The van der Waals surface area contributed by atoms with Gasteiger partial charge in [0.15, 0.2) is 4.90 Å². The van der Waals surface area contributed by atoms with Gasteiger partial charge in [0.25, 0.3) is 15.7 Å². The highest BCUT2D eigenvalue weighted by molar-refractivity contribution is 7.93. The second-order valence-corrected chi connectivity index (χ2v) is 7.09. The van der Waals surface area contributed by atoms with E-state index in [4.69, 9.17) is 0 Å². The van der Waals surface area contributed by atoms with Crippen molar-refractivity contribution in [3.63, 3.8) is 0 Å². The summed E-state index contributed by atoms with van der Waals surface area (Å²) in [6, 6.07) is 11.6. The maximum absolute atomic E-state index is 13.1. The van der Waals surface area contributed by atoms with Gasteiger partial charge in [-0.2, -0.15) is 0 Å². The van der Waals surface area contributed by atoms with Crippen LogP contribution in [-0.4, -0.2) is 18.4 Å². The molecule has 8 heteroatoms. The molecule has 0 fully saturated rings. The first-order valence-corrected chi connectivity index (χ1v) is 8.51. The molecular weight excluding hydrogens is 332 g/mol. The van der Waals surface area contributed by atoms with Crippen molar-refractivity contribution in [3.8, 4) is 0 Å². The van der Waals surface area contributed by atoms with Gasteiger partial charge in [0.1, 0.15) is 0 Å². The molecule has 0 saturated carbocycles. The topological polar surface area (TPSA) is 101 Å². The Morgan fingerprint density at radius 3 is 2.50 bits per heavy atom. The number of benzene rings is 2. The van der Waals surface area contributed by atoms with Crippen molar-refractivity contribution in [3.05, 3.63) is 76.5 Å². The summed E-state index contributed by atoms with van der Waals surface area (Å²) in [6.07, 6.45) is -0.845. The van der Waals surface area contributed by atoms with Crippen molar-refractivity contribution in [2.45, 2.75) is 17.4 Å². The first-order valence-electron chi connectivity index (χ1n) is 7.07. The molecule has 1 heterocycles. The lowest BCUT2D eigenvalue weighted by Gasteiger charge is -2.34. The van der Waals surface area contributed by atoms with Crippen molar-refractivity contribution >= 4 is 21.4 Å². The van der Waals surface area contributed by atoms with Gasteiger partial charge in [-0.1, -0.05) is 36.9 Å². The minimum atomic E-state index is -4.24. The van der Waals surface area contributed by atoms with Crippen LogP contribution in [-0.2, 0) is 10.0 Å². The quantitative estimate of drug-likeness (QED) is 0.680. The van der Waals surface area contributed by atoms with Gasteiger partial charge in [-0.25, -0.2) is 12.7 Å². The minimum Gasteiger partial charge on any atom is -0.388 e. The van der Waals surface area contributed by atoms with Crippen LogP contribution in [0.3, 0.4) is 0 Å². The van der Waals surface area contributed by atoms with Gasteiger partial charge >= 0.3 is 0 Å². The van der Waals surface area contributed by atoms with Gasteiger partial charge < -0.3 is 5.11 Å². The fourth-order valence-corrected chi connectivity index (χ4v) is 4.46. The Morgan fingerprint density at radius 1 is 1.17 bits per heavy atom. The van der Waals surface area contributed by atoms with Crippen LogP contribution < -0.4 is 4.31 Å². The fraction of sp³-hybridized carbons (Fsp3) is 0.125. The predicted octanol–water partition coefficient (Wildman–Crippen LogP) is 2.74. The Bertz CT molecular complexity index is 939. The van der Waals surface area contributed by atoms with Gasteiger partial charge in [0, 0.05) is 23.7 Å². The summed E-state index contributed by atoms with van der Waals surface area (Å²) in [5.41, 5.74) is 0.333. The lowest BCUT2D eigenvalue weighted by atomic mass is 9.99. The van der Waals surface area contributed by atoms with Crippen molar-refractivity contribution in [2.75, 3.05) is 4.31 Å². The van der Waals surface area contributed by atoms with E-state index < -0.39 is 31.6 Å². The van der Waals surface area contributed by atoms with Crippen LogP contribution in [0.4, 0.5) is 11.4 Å². The summed E-state index contributed by atoms with van der Waals surface area (Å²) in [4.78, 5) is 10.0. The summed E-state index contributed by atoms with van der Waals surface area (Å²) < 4.78 is 27.1. The number of hydrogen-bond donors (Lipinski definition) is 1. The molecule has 1 N–H and O–H groups in total. The number of hydrogen-bond acceptors (Lipinski definition) is 5. The monoisotopic (exact) mass is 346 g/mol. The first-order chi connectivity index (χ1) is 11.3. The molecule has 7 nitrogen and oxygen atoms in total. The molecular formula is C16H14N2O5S. The maximum Gasteiger partial charge on any atom is 0.289 e. The number of nitro benzene ring substituents is 1. The standard InChI is InChI=1S/C16H14N2O5S/c1-11-10-15(19)12-6-2-3-7-13(12)17(11)24(22,23)16-9-5-4-8-14(16)18(20)21/h2-9,15,19H,1,10H2. The number of nitro groups is 1. The van der Waals surface area contributed by atoms with Crippen LogP contribution in [0.1, 0.15) is 18.1 Å². The summed E-state index contributed by atoms with van der Waals surface area (Å²) in [7, 11) is -4.24. The number of para-hydroxylation sites is 2. The van der Waals surface area contributed by atoms with Crippen LogP contribution >= 0.6 is 0 Å². The molecule has 0 aromatic heterocycles. The summed E-state index contributed by atoms with van der Waals surface area (Å²) in [5, 5.41) is 21.3. The third-order valence-electron chi connectivity index (χ3n) is 3.81. The third kappa shape index (κ3) is 2.45. The van der Waals surface area contributed by atoms with E-state index in [0.29, 0.717) is 5.56 Å². The molecule has 0 aliphatic carbocycles. The lowest BCUT2D eigenvalue weighted by Crippen LogP contribution is -2.35. The van der Waals surface area contributed by atoms with E-state index in [1.165, 1.54) is 24.3 Å². The highest BCUT2D eigenvalue weighted by atomic mass is 32.2. The Morgan fingerprint density at radius 2 is 1.79 bits per heavy atom. The first kappa shape index (κ1) is 16.2. The Kier molecular flexibility index (Phi) is 3.86. The van der Waals surface area contributed by atoms with Gasteiger partial charge in [0.05, 0.1) is 16.7 Å². The van der Waals surface area contributed by atoms with Crippen molar-refractivity contribution in [1.29, 1.82) is 0 Å². The highest BCUT2D eigenvalue weighted by Gasteiger charge is 2.38. The molecule has 1 aliphatic rings. The van der Waals surface area contributed by atoms with Crippen molar-refractivity contribution < 1.29 is 18.4 Å².